The van der Waals surface area contributed by atoms with Crippen LogP contribution in [-0.2, 0) is 30.2 Å². The number of amides is 2. The topological polar surface area (TPSA) is 148 Å². The molecule has 2 N–H and O–H groups in total. The minimum absolute atomic E-state index is 0.00148. The molecular formula is C52H59N11O4. The van der Waals surface area contributed by atoms with Crippen molar-refractivity contribution in [1.82, 2.24) is 38.7 Å². The van der Waals surface area contributed by atoms with E-state index in [-0.39, 0.29) is 23.4 Å². The maximum Gasteiger partial charge on any atom is 0.329 e. The fraction of sp³-hybridized carbons (Fsp3) is 0.385. The van der Waals surface area contributed by atoms with Crippen molar-refractivity contribution < 1.29 is 14.3 Å². The van der Waals surface area contributed by atoms with E-state index >= 15 is 0 Å². The molecule has 0 saturated carbocycles. The molecule has 3 aromatic heterocycles. The molecule has 1 atom stereocenters. The molecule has 10 rings (SSSR count). The van der Waals surface area contributed by atoms with Gasteiger partial charge in [0, 0.05) is 82.5 Å². The summed E-state index contributed by atoms with van der Waals surface area (Å²) in [6.45, 7) is 8.36. The van der Waals surface area contributed by atoms with E-state index < -0.39 is 6.04 Å². The first-order valence-corrected chi connectivity index (χ1v) is 23.6. The summed E-state index contributed by atoms with van der Waals surface area (Å²) in [5, 5.41) is 12.4. The van der Waals surface area contributed by atoms with Gasteiger partial charge in [0.1, 0.15) is 11.8 Å². The van der Waals surface area contributed by atoms with Gasteiger partial charge in [-0.25, -0.2) is 14.5 Å². The number of anilines is 5. The number of hydrogen-bond donors (Lipinski definition) is 2. The van der Waals surface area contributed by atoms with E-state index in [4.69, 9.17) is 14.8 Å². The number of ether oxygens (including phenoxy) is 1. The van der Waals surface area contributed by atoms with Crippen LogP contribution < -0.4 is 26.0 Å². The van der Waals surface area contributed by atoms with Crippen molar-refractivity contribution >= 4 is 62.7 Å². The van der Waals surface area contributed by atoms with Crippen LogP contribution in [0.3, 0.4) is 0 Å². The SMILES string of the molecule is COc1ccc(CN2CCCC(n3c(=O)n(C)c4cc(N5CCC(C(=O)N6CCC(c7ccc(Nc8ncc9c(Nc%10c(C)cccc%10C)nn(C)c9n8)cc7)CC6)CC5)ccc43)C2=O)cc1. The number of nitrogens with zero attached hydrogens (tertiary/aromatic N) is 9. The third kappa shape index (κ3) is 8.58. The first-order valence-electron chi connectivity index (χ1n) is 23.6. The molecule has 2 amide bonds. The average Bonchev–Trinajstić information content (AvgIpc) is 3.80. The molecule has 3 fully saturated rings. The van der Waals surface area contributed by atoms with Crippen molar-refractivity contribution in [2.24, 2.45) is 20.0 Å². The van der Waals surface area contributed by atoms with Crippen molar-refractivity contribution in [1.29, 1.82) is 0 Å². The lowest BCUT2D eigenvalue weighted by Gasteiger charge is -2.38. The van der Waals surface area contributed by atoms with Crippen molar-refractivity contribution in [3.05, 3.63) is 124 Å². The lowest BCUT2D eigenvalue weighted by atomic mass is 9.88. The highest BCUT2D eigenvalue weighted by molar-refractivity contribution is 5.90. The number of nitrogens with one attached hydrogen (secondary N) is 2. The lowest BCUT2D eigenvalue weighted by Crippen LogP contribution is -2.45. The molecule has 0 aliphatic carbocycles. The number of rotatable bonds is 11. The number of fused-ring (bicyclic) bond motifs is 2. The minimum atomic E-state index is -0.549. The van der Waals surface area contributed by atoms with Crippen molar-refractivity contribution in [2.75, 3.05) is 55.4 Å². The molecule has 15 heteroatoms. The van der Waals surface area contributed by atoms with Crippen LogP contribution in [0.2, 0.25) is 0 Å². The number of aromatic nitrogens is 6. The fourth-order valence-corrected chi connectivity index (χ4v) is 10.5. The maximum absolute atomic E-state index is 13.9. The van der Waals surface area contributed by atoms with Gasteiger partial charge in [0.15, 0.2) is 11.5 Å². The number of carbonyl (C=O) groups excluding carboxylic acids is 2. The Morgan fingerprint density at radius 1 is 0.806 bits per heavy atom. The number of hydrogen-bond acceptors (Lipinski definition) is 10. The van der Waals surface area contributed by atoms with Gasteiger partial charge in [-0.05, 0) is 123 Å². The van der Waals surface area contributed by atoms with Crippen LogP contribution in [0.5, 0.6) is 5.75 Å². The van der Waals surface area contributed by atoms with Gasteiger partial charge in [0.2, 0.25) is 17.8 Å². The van der Waals surface area contributed by atoms with Crippen molar-refractivity contribution in [3.63, 3.8) is 0 Å². The predicted molar refractivity (Wildman–Crippen MR) is 263 cm³/mol. The summed E-state index contributed by atoms with van der Waals surface area (Å²) in [6, 6.07) is 28.1. The smallest absolute Gasteiger partial charge is 0.329 e. The zero-order valence-electron chi connectivity index (χ0n) is 39.0. The summed E-state index contributed by atoms with van der Waals surface area (Å²) >= 11 is 0. The van der Waals surface area contributed by atoms with Gasteiger partial charge >= 0.3 is 5.69 Å². The van der Waals surface area contributed by atoms with Gasteiger partial charge in [0.05, 0.1) is 23.5 Å². The lowest BCUT2D eigenvalue weighted by molar-refractivity contribution is -0.138. The summed E-state index contributed by atoms with van der Waals surface area (Å²) < 4.78 is 10.4. The van der Waals surface area contributed by atoms with Gasteiger partial charge in [-0.15, -0.1) is 0 Å². The average molecular weight is 902 g/mol. The molecular weight excluding hydrogens is 843 g/mol. The van der Waals surface area contributed by atoms with E-state index in [9.17, 15) is 14.4 Å². The molecule has 3 saturated heterocycles. The number of likely N-dealkylation sites (tertiary alicyclic amines) is 2. The minimum Gasteiger partial charge on any atom is -0.497 e. The van der Waals surface area contributed by atoms with E-state index in [0.29, 0.717) is 31.4 Å². The molecule has 6 heterocycles. The van der Waals surface area contributed by atoms with Crippen LogP contribution in [0.15, 0.2) is 95.9 Å². The van der Waals surface area contributed by atoms with Crippen LogP contribution in [0, 0.1) is 19.8 Å². The molecule has 0 radical (unpaired) electrons. The molecule has 3 aliphatic heterocycles. The van der Waals surface area contributed by atoms with Crippen LogP contribution in [0.25, 0.3) is 22.1 Å². The van der Waals surface area contributed by atoms with Gasteiger partial charge in [-0.2, -0.15) is 10.1 Å². The van der Waals surface area contributed by atoms with Gasteiger partial charge in [-0.1, -0.05) is 42.5 Å². The van der Waals surface area contributed by atoms with Crippen LogP contribution in [-0.4, -0.2) is 90.3 Å². The summed E-state index contributed by atoms with van der Waals surface area (Å²) in [4.78, 5) is 57.2. The second-order valence-corrected chi connectivity index (χ2v) is 18.6. The van der Waals surface area contributed by atoms with Crippen LogP contribution >= 0.6 is 0 Å². The van der Waals surface area contributed by atoms with Crippen molar-refractivity contribution in [3.8, 4) is 5.75 Å². The Morgan fingerprint density at radius 2 is 1.54 bits per heavy atom. The molecule has 3 aliphatic rings. The summed E-state index contributed by atoms with van der Waals surface area (Å²) in [6.07, 6.45) is 6.70. The predicted octanol–water partition coefficient (Wildman–Crippen LogP) is 8.12. The second kappa shape index (κ2) is 18.3. The normalized spacial score (nSPS) is 17.4. The van der Waals surface area contributed by atoms with Crippen LogP contribution in [0.1, 0.15) is 72.7 Å². The Morgan fingerprint density at radius 3 is 2.25 bits per heavy atom. The van der Waals surface area contributed by atoms with Crippen molar-refractivity contribution in [2.45, 2.75) is 70.9 Å². The van der Waals surface area contributed by atoms with Gasteiger partial charge in [-0.3, -0.25) is 18.7 Å². The highest BCUT2D eigenvalue weighted by Crippen LogP contribution is 2.35. The first kappa shape index (κ1) is 43.7. The van der Waals surface area contributed by atoms with E-state index in [0.717, 1.165) is 126 Å². The standard InChI is InChI=1S/C52H59N11O4/c1-33-8-6-9-34(2)46(33)55-47-42-31-53-51(56-48(42)59(4)57-47)54-39-15-13-36(14-16-39)37-21-28-61(29-22-37)49(64)38-23-26-60(27-24-38)40-17-20-43-45(30-40)58(3)52(66)63(43)44-10-7-25-62(50(44)65)32-35-11-18-41(67-5)19-12-35/h6,8-9,11-20,30-31,37-38,44H,7,10,21-29,32H2,1-5H3,(H,55,57)(H,53,54,56). The Bertz CT molecular complexity index is 2990. The largest absolute Gasteiger partial charge is 0.497 e. The Hall–Kier alpha value is -7.16. The Kier molecular flexibility index (Phi) is 11.9. The molecule has 0 spiro atoms. The van der Waals surface area contributed by atoms with Gasteiger partial charge < -0.3 is 30.1 Å². The Labute approximate surface area is 390 Å². The van der Waals surface area contributed by atoms with E-state index in [1.807, 2.05) is 48.5 Å². The van der Waals surface area contributed by atoms with E-state index in [2.05, 4.69) is 93.9 Å². The molecule has 0 bridgehead atoms. The van der Waals surface area contributed by atoms with E-state index in [1.165, 1.54) is 5.56 Å². The number of para-hydroxylation sites is 1. The third-order valence-corrected chi connectivity index (χ3v) is 14.4. The molecule has 15 nitrogen and oxygen atoms in total. The van der Waals surface area contributed by atoms with Crippen LogP contribution in [0.4, 0.5) is 28.8 Å². The first-order chi connectivity index (χ1) is 32.5. The zero-order valence-corrected chi connectivity index (χ0v) is 39.0. The molecule has 346 valence electrons. The highest BCUT2D eigenvalue weighted by Gasteiger charge is 2.34. The Balaban J connectivity index is 0.718. The molecule has 4 aromatic carbocycles. The number of carbonyl (C=O) groups is 2. The molecule has 1 unspecified atom stereocenters. The number of piperidine rings is 3. The number of methoxy groups -OCH3 is 1. The van der Waals surface area contributed by atoms with Gasteiger partial charge in [0.25, 0.3) is 0 Å². The highest BCUT2D eigenvalue weighted by atomic mass is 16.5. The van der Waals surface area contributed by atoms with E-state index in [1.54, 1.807) is 28.0 Å². The summed E-state index contributed by atoms with van der Waals surface area (Å²) in [5.41, 5.74) is 9.71. The zero-order chi connectivity index (χ0) is 46.3. The monoisotopic (exact) mass is 901 g/mol. The maximum atomic E-state index is 13.9. The molecule has 7 aromatic rings. The second-order valence-electron chi connectivity index (χ2n) is 18.6. The number of aryl methyl sites for hydroxylation is 4. The number of imidazole rings is 1. The third-order valence-electron chi connectivity index (χ3n) is 14.4. The quantitative estimate of drug-likeness (QED) is 0.131. The number of benzene rings is 4. The summed E-state index contributed by atoms with van der Waals surface area (Å²) in [7, 11) is 5.32. The molecule has 67 heavy (non-hydrogen) atoms. The summed E-state index contributed by atoms with van der Waals surface area (Å²) in [5.74, 6) is 2.63. The fourth-order valence-electron chi connectivity index (χ4n) is 10.5.